The van der Waals surface area contributed by atoms with Gasteiger partial charge in [0.05, 0.1) is 24.7 Å². The number of rotatable bonds is 7. The van der Waals surface area contributed by atoms with E-state index in [0.29, 0.717) is 24.4 Å². The third-order valence-corrected chi connectivity index (χ3v) is 9.48. The zero-order valence-electron chi connectivity index (χ0n) is 24.7. The number of hydrogen-bond acceptors (Lipinski definition) is 6. The summed E-state index contributed by atoms with van der Waals surface area (Å²) in [6.07, 6.45) is 7.57. The third kappa shape index (κ3) is 6.43. The summed E-state index contributed by atoms with van der Waals surface area (Å²) >= 11 is 1.62. The molecule has 0 radical (unpaired) electrons. The van der Waals surface area contributed by atoms with E-state index in [1.54, 1.807) is 30.7 Å². The molecule has 2 aromatic heterocycles. The summed E-state index contributed by atoms with van der Waals surface area (Å²) in [4.78, 5) is 24.1. The number of carbonyl (C=O) groups is 1. The highest BCUT2D eigenvalue weighted by Gasteiger charge is 2.47. The Hall–Kier alpha value is -3.82. The number of hydrogen-bond donors (Lipinski definition) is 1. The molecule has 7 rings (SSSR count). The topological polar surface area (TPSA) is 57.7 Å². The van der Waals surface area contributed by atoms with Crippen LogP contribution in [-0.2, 0) is 12.1 Å². The maximum atomic E-state index is 13.7. The smallest absolute Gasteiger partial charge is 0.261 e. The quantitative estimate of drug-likeness (QED) is 0.247. The highest BCUT2D eigenvalue weighted by molar-refractivity contribution is 7.15. The monoisotopic (exact) mass is 602 g/mol. The number of amides is 1. The van der Waals surface area contributed by atoms with E-state index in [4.69, 9.17) is 4.74 Å². The van der Waals surface area contributed by atoms with Gasteiger partial charge in [-0.15, -0.1) is 11.3 Å². The van der Waals surface area contributed by atoms with Crippen molar-refractivity contribution in [3.05, 3.63) is 94.6 Å². The van der Waals surface area contributed by atoms with Crippen LogP contribution in [0.15, 0.2) is 73.1 Å². The molecule has 1 saturated carbocycles. The Balaban J connectivity index is 0.000000599. The summed E-state index contributed by atoms with van der Waals surface area (Å²) in [5.74, 6) is -2.07. The molecule has 1 aliphatic carbocycles. The molecule has 4 heterocycles. The largest absolute Gasteiger partial charge is 0.497 e. The first-order chi connectivity index (χ1) is 20.6. The number of nitrogens with zero attached hydrogens (tertiary/aromatic N) is 3. The predicted octanol–water partition coefficient (Wildman–Crippen LogP) is 6.99. The minimum absolute atomic E-state index is 0.0754. The van der Waals surface area contributed by atoms with Crippen LogP contribution < -0.4 is 10.1 Å². The molecule has 4 aromatic rings. The second kappa shape index (κ2) is 11.7. The molecule has 1 N–H and O–H groups in total. The Morgan fingerprint density at radius 1 is 1.12 bits per heavy atom. The molecule has 3 aliphatic rings. The van der Waals surface area contributed by atoms with Crippen LogP contribution in [0.5, 0.6) is 5.75 Å². The number of fused-ring (bicyclic) bond motifs is 1. The number of carbonyl (C=O) groups excluding carboxylic acids is 1. The molecule has 224 valence electrons. The molecule has 1 saturated heterocycles. The van der Waals surface area contributed by atoms with Crippen molar-refractivity contribution in [1.29, 1.82) is 0 Å². The lowest BCUT2D eigenvalue weighted by molar-refractivity contribution is 0.0116. The van der Waals surface area contributed by atoms with E-state index >= 15 is 0 Å². The van der Waals surface area contributed by atoms with Gasteiger partial charge in [0.15, 0.2) is 0 Å². The normalized spacial score (nSPS) is 18.1. The van der Waals surface area contributed by atoms with Gasteiger partial charge in [-0.05, 0) is 91.2 Å². The average Bonchev–Trinajstić information content (AvgIpc) is 3.45. The molecule has 0 spiro atoms. The minimum atomic E-state index is -2.59. The number of aromatic nitrogens is 1. The second-order valence-corrected chi connectivity index (χ2v) is 12.9. The van der Waals surface area contributed by atoms with Crippen LogP contribution in [0.25, 0.3) is 21.3 Å². The van der Waals surface area contributed by atoms with Gasteiger partial charge in [0.1, 0.15) is 5.75 Å². The molecular weight excluding hydrogens is 566 g/mol. The lowest BCUT2D eigenvalue weighted by atomic mass is 9.95. The van der Waals surface area contributed by atoms with Gasteiger partial charge in [-0.25, -0.2) is 8.78 Å². The standard InChI is InChI=1S/C30H29F2N3O2S.C4H7N/c1-19-5-6-21(37-2)16-24(19)28(36)34-29(9-10-29)25-14-20(15-26-23(25)4-3-12-33-26)27-8-7-22(38-27)17-35-13-11-30(31,32)18-35;1-5-3-2-4-5/h3-8,12,14-16H,9-11,13,17-18H2,1-2H3,(H,34,36);2-3H,4H2,1H3. The Kier molecular flexibility index (Phi) is 7.96. The van der Waals surface area contributed by atoms with E-state index in [2.05, 4.69) is 58.8 Å². The Bertz CT molecular complexity index is 1680. The number of nitrogens with one attached hydrogen (secondary N) is 1. The molecule has 6 nitrogen and oxygen atoms in total. The van der Waals surface area contributed by atoms with Crippen LogP contribution in [0, 0.1) is 6.92 Å². The van der Waals surface area contributed by atoms with Crippen molar-refractivity contribution in [1.82, 2.24) is 20.1 Å². The summed E-state index contributed by atoms with van der Waals surface area (Å²) in [5, 5.41) is 4.35. The van der Waals surface area contributed by atoms with E-state index < -0.39 is 11.5 Å². The highest BCUT2D eigenvalue weighted by Crippen LogP contribution is 2.49. The van der Waals surface area contributed by atoms with Gasteiger partial charge in [-0.1, -0.05) is 12.1 Å². The number of halogens is 2. The fourth-order valence-electron chi connectivity index (χ4n) is 5.66. The van der Waals surface area contributed by atoms with Gasteiger partial charge in [-0.2, -0.15) is 0 Å². The van der Waals surface area contributed by atoms with Crippen LogP contribution in [-0.4, -0.2) is 60.4 Å². The van der Waals surface area contributed by atoms with Crippen LogP contribution in [0.2, 0.25) is 0 Å². The van der Waals surface area contributed by atoms with Crippen molar-refractivity contribution in [3.8, 4) is 16.2 Å². The lowest BCUT2D eigenvalue weighted by Gasteiger charge is -2.22. The Morgan fingerprint density at radius 3 is 2.56 bits per heavy atom. The van der Waals surface area contributed by atoms with E-state index in [1.165, 1.54) is 0 Å². The molecule has 2 fully saturated rings. The van der Waals surface area contributed by atoms with Crippen molar-refractivity contribution in [2.45, 2.75) is 44.2 Å². The van der Waals surface area contributed by atoms with Crippen molar-refractivity contribution in [2.24, 2.45) is 0 Å². The van der Waals surface area contributed by atoms with Crippen molar-refractivity contribution >= 4 is 28.1 Å². The fraction of sp³-hybridized carbons (Fsp3) is 0.353. The zero-order valence-corrected chi connectivity index (χ0v) is 25.5. The van der Waals surface area contributed by atoms with E-state index in [9.17, 15) is 13.6 Å². The van der Waals surface area contributed by atoms with E-state index in [1.807, 2.05) is 36.1 Å². The predicted molar refractivity (Wildman–Crippen MR) is 168 cm³/mol. The summed E-state index contributed by atoms with van der Waals surface area (Å²) in [7, 11) is 3.65. The number of thiophene rings is 1. The van der Waals surface area contributed by atoms with Crippen molar-refractivity contribution < 1.29 is 18.3 Å². The van der Waals surface area contributed by atoms with Gasteiger partial charge in [0.25, 0.3) is 11.8 Å². The number of likely N-dealkylation sites (N-methyl/N-ethyl adjacent to an activating group) is 1. The van der Waals surface area contributed by atoms with Gasteiger partial charge in [0.2, 0.25) is 0 Å². The average molecular weight is 603 g/mol. The van der Waals surface area contributed by atoms with Gasteiger partial charge < -0.3 is 15.0 Å². The summed E-state index contributed by atoms with van der Waals surface area (Å²) in [6.45, 7) is 3.82. The Morgan fingerprint density at radius 2 is 1.91 bits per heavy atom. The minimum Gasteiger partial charge on any atom is -0.497 e. The highest BCUT2D eigenvalue weighted by atomic mass is 32.1. The molecule has 0 bridgehead atoms. The van der Waals surface area contributed by atoms with Crippen LogP contribution >= 0.6 is 11.3 Å². The lowest BCUT2D eigenvalue weighted by Crippen LogP contribution is -2.35. The Labute approximate surface area is 255 Å². The van der Waals surface area contributed by atoms with Gasteiger partial charge in [0, 0.05) is 60.0 Å². The molecule has 2 aliphatic heterocycles. The summed E-state index contributed by atoms with van der Waals surface area (Å²) in [6, 6.07) is 17.8. The number of likely N-dealkylation sites (tertiary alicyclic amines) is 1. The number of aryl methyl sites for hydroxylation is 1. The maximum absolute atomic E-state index is 13.7. The zero-order chi connectivity index (χ0) is 30.2. The molecule has 1 amide bonds. The third-order valence-electron chi connectivity index (χ3n) is 8.36. The van der Waals surface area contributed by atoms with Crippen molar-refractivity contribution in [3.63, 3.8) is 0 Å². The summed E-state index contributed by atoms with van der Waals surface area (Å²) in [5.41, 5.74) is 3.97. The molecule has 2 aromatic carbocycles. The number of alkyl halides is 2. The van der Waals surface area contributed by atoms with Crippen LogP contribution in [0.1, 0.15) is 45.6 Å². The van der Waals surface area contributed by atoms with Crippen LogP contribution in [0.4, 0.5) is 8.78 Å². The molecule has 0 atom stereocenters. The fourth-order valence-corrected chi connectivity index (χ4v) is 6.70. The van der Waals surface area contributed by atoms with Gasteiger partial charge in [-0.3, -0.25) is 14.7 Å². The number of methoxy groups -OCH3 is 1. The first-order valence-corrected chi connectivity index (χ1v) is 15.4. The first kappa shape index (κ1) is 29.3. The first-order valence-electron chi connectivity index (χ1n) is 14.6. The maximum Gasteiger partial charge on any atom is 0.261 e. The summed E-state index contributed by atoms with van der Waals surface area (Å²) < 4.78 is 32.6. The number of pyridine rings is 1. The van der Waals surface area contributed by atoms with Crippen LogP contribution in [0.3, 0.4) is 0 Å². The molecule has 9 heteroatoms. The van der Waals surface area contributed by atoms with E-state index in [0.717, 1.165) is 56.7 Å². The van der Waals surface area contributed by atoms with E-state index in [-0.39, 0.29) is 18.9 Å². The van der Waals surface area contributed by atoms with Crippen molar-refractivity contribution in [2.75, 3.05) is 33.8 Å². The SMILES string of the molecule is CN1C=CC1.COc1ccc(C)c(C(=O)NC2(c3cc(-c4ccc(CN5CCC(F)(F)C5)s4)cc4ncccc34)CC2)c1. The molecular formula is C34H36F2N4O2S. The molecule has 43 heavy (non-hydrogen) atoms. The number of benzene rings is 2. The van der Waals surface area contributed by atoms with Gasteiger partial charge >= 0.3 is 0 Å². The molecule has 0 unspecified atom stereocenters. The second-order valence-electron chi connectivity index (χ2n) is 11.7. The number of ether oxygens (including phenoxy) is 1.